The van der Waals surface area contributed by atoms with E-state index in [1.165, 1.54) is 28.8 Å². The largest absolute Gasteiger partial charge is 0.492 e. The van der Waals surface area contributed by atoms with Crippen molar-refractivity contribution < 1.29 is 22.7 Å². The highest BCUT2D eigenvalue weighted by molar-refractivity contribution is 7.98. The van der Waals surface area contributed by atoms with Crippen molar-refractivity contribution in [3.05, 3.63) is 84.4 Å². The number of hydrogen-bond acceptors (Lipinski definition) is 6. The SMILES string of the molecule is CCOc1ccccc1N(CC(=O)N(Cc1ccccc1)[C@H](CC)C(=O)NC(C)C)S(=O)(=O)c1ccc(SC)cc1. The van der Waals surface area contributed by atoms with Gasteiger partial charge < -0.3 is 15.0 Å². The zero-order valence-corrected chi connectivity index (χ0v) is 25.9. The van der Waals surface area contributed by atoms with Crippen LogP contribution in [0.4, 0.5) is 5.69 Å². The Hall–Kier alpha value is -3.50. The van der Waals surface area contributed by atoms with Crippen molar-refractivity contribution in [2.24, 2.45) is 0 Å². The number of carbonyl (C=O) groups is 2. The third-order valence-electron chi connectivity index (χ3n) is 6.37. The Labute approximate surface area is 248 Å². The molecule has 1 atom stereocenters. The summed E-state index contributed by atoms with van der Waals surface area (Å²) < 4.78 is 35.1. The molecular weight excluding hydrogens is 558 g/mol. The summed E-state index contributed by atoms with van der Waals surface area (Å²) in [7, 11) is -4.20. The van der Waals surface area contributed by atoms with Gasteiger partial charge in [-0.25, -0.2) is 8.42 Å². The number of nitrogens with zero attached hydrogens (tertiary/aromatic N) is 2. The van der Waals surface area contributed by atoms with Crippen LogP contribution in [0.15, 0.2) is 88.7 Å². The molecule has 10 heteroatoms. The molecule has 0 aliphatic rings. The highest BCUT2D eigenvalue weighted by atomic mass is 32.2. The summed E-state index contributed by atoms with van der Waals surface area (Å²) in [4.78, 5) is 29.8. The molecule has 1 N–H and O–H groups in total. The number of thioether (sulfide) groups is 1. The van der Waals surface area contributed by atoms with Crippen LogP contribution in [0, 0.1) is 0 Å². The number of benzene rings is 3. The van der Waals surface area contributed by atoms with Gasteiger partial charge in [0.2, 0.25) is 11.8 Å². The van der Waals surface area contributed by atoms with Crippen molar-refractivity contribution in [3.8, 4) is 5.75 Å². The number of hydrogen-bond donors (Lipinski definition) is 1. The third-order valence-corrected chi connectivity index (χ3v) is 8.89. The van der Waals surface area contributed by atoms with E-state index in [2.05, 4.69) is 5.32 Å². The maximum absolute atomic E-state index is 14.2. The van der Waals surface area contributed by atoms with E-state index in [-0.39, 0.29) is 29.1 Å². The molecule has 0 fully saturated rings. The number of anilines is 1. The second kappa shape index (κ2) is 14.9. The first-order valence-corrected chi connectivity index (χ1v) is 16.3. The van der Waals surface area contributed by atoms with Gasteiger partial charge in [-0.1, -0.05) is 49.4 Å². The van der Waals surface area contributed by atoms with E-state index in [4.69, 9.17) is 4.74 Å². The highest BCUT2D eigenvalue weighted by Gasteiger charge is 2.34. The predicted octanol–water partition coefficient (Wildman–Crippen LogP) is 5.33. The molecule has 0 radical (unpaired) electrons. The van der Waals surface area contributed by atoms with Crippen LogP contribution in [0.2, 0.25) is 0 Å². The van der Waals surface area contributed by atoms with E-state index in [1.807, 2.05) is 64.3 Å². The zero-order chi connectivity index (χ0) is 30.0. The summed E-state index contributed by atoms with van der Waals surface area (Å²) in [5.74, 6) is -0.454. The van der Waals surface area contributed by atoms with Gasteiger partial charge in [0.1, 0.15) is 18.3 Å². The minimum atomic E-state index is -4.20. The van der Waals surface area contributed by atoms with Gasteiger partial charge in [0.25, 0.3) is 10.0 Å². The van der Waals surface area contributed by atoms with Crippen molar-refractivity contribution in [2.45, 2.75) is 62.5 Å². The Morgan fingerprint density at radius 2 is 1.56 bits per heavy atom. The van der Waals surface area contributed by atoms with Crippen molar-refractivity contribution in [1.29, 1.82) is 0 Å². The number of carbonyl (C=O) groups excluding carboxylic acids is 2. The van der Waals surface area contributed by atoms with Crippen LogP contribution in [0.3, 0.4) is 0 Å². The van der Waals surface area contributed by atoms with Crippen LogP contribution in [0.1, 0.15) is 39.7 Å². The van der Waals surface area contributed by atoms with Gasteiger partial charge in [0.05, 0.1) is 17.2 Å². The van der Waals surface area contributed by atoms with E-state index in [9.17, 15) is 18.0 Å². The summed E-state index contributed by atoms with van der Waals surface area (Å²) in [6.45, 7) is 7.30. The number of sulfonamides is 1. The first-order valence-electron chi connectivity index (χ1n) is 13.6. The van der Waals surface area contributed by atoms with Crippen molar-refractivity contribution in [3.63, 3.8) is 0 Å². The molecule has 0 heterocycles. The number of ether oxygens (including phenoxy) is 1. The molecule has 0 saturated carbocycles. The molecule has 0 spiro atoms. The molecule has 0 aliphatic heterocycles. The van der Waals surface area contributed by atoms with E-state index >= 15 is 0 Å². The summed E-state index contributed by atoms with van der Waals surface area (Å²) in [5, 5.41) is 2.91. The topological polar surface area (TPSA) is 96.0 Å². The molecule has 2 amide bonds. The maximum atomic E-state index is 14.2. The maximum Gasteiger partial charge on any atom is 0.264 e. The molecule has 0 aliphatic carbocycles. The summed E-state index contributed by atoms with van der Waals surface area (Å²) in [5.41, 5.74) is 1.07. The van der Waals surface area contributed by atoms with Crippen LogP contribution in [-0.4, -0.2) is 56.6 Å². The second-order valence-electron chi connectivity index (χ2n) is 9.68. The molecule has 0 saturated heterocycles. The molecule has 8 nitrogen and oxygen atoms in total. The lowest BCUT2D eigenvalue weighted by Gasteiger charge is -2.34. The number of nitrogens with one attached hydrogen (secondary N) is 1. The van der Waals surface area contributed by atoms with Gasteiger partial charge in [-0.3, -0.25) is 13.9 Å². The van der Waals surface area contributed by atoms with Crippen molar-refractivity contribution in [2.75, 3.05) is 23.7 Å². The van der Waals surface area contributed by atoms with Gasteiger partial charge in [-0.15, -0.1) is 11.8 Å². The van der Waals surface area contributed by atoms with Crippen molar-refractivity contribution >= 4 is 39.3 Å². The normalized spacial score (nSPS) is 12.0. The molecule has 3 rings (SSSR count). The van der Waals surface area contributed by atoms with Crippen LogP contribution in [-0.2, 0) is 26.2 Å². The average Bonchev–Trinajstić information content (AvgIpc) is 2.96. The lowest BCUT2D eigenvalue weighted by atomic mass is 10.1. The fourth-order valence-electron chi connectivity index (χ4n) is 4.41. The fraction of sp³-hybridized carbons (Fsp3) is 0.355. The van der Waals surface area contributed by atoms with Crippen LogP contribution in [0.25, 0.3) is 0 Å². The summed E-state index contributed by atoms with van der Waals surface area (Å²) in [6.07, 6.45) is 2.27. The lowest BCUT2D eigenvalue weighted by molar-refractivity contribution is -0.140. The van der Waals surface area contributed by atoms with Crippen molar-refractivity contribution in [1.82, 2.24) is 10.2 Å². The van der Waals surface area contributed by atoms with Crippen LogP contribution >= 0.6 is 11.8 Å². The van der Waals surface area contributed by atoms with Gasteiger partial charge >= 0.3 is 0 Å². The molecule has 0 unspecified atom stereocenters. The van der Waals surface area contributed by atoms with Gasteiger partial charge in [-0.2, -0.15) is 0 Å². The van der Waals surface area contributed by atoms with Gasteiger partial charge in [0, 0.05) is 17.5 Å². The highest BCUT2D eigenvalue weighted by Crippen LogP contribution is 2.33. The minimum Gasteiger partial charge on any atom is -0.492 e. The Balaban J connectivity index is 2.10. The van der Waals surface area contributed by atoms with E-state index in [0.717, 1.165) is 14.8 Å². The van der Waals surface area contributed by atoms with E-state index in [1.54, 1.807) is 36.4 Å². The Kier molecular flexibility index (Phi) is 11.7. The molecule has 0 bridgehead atoms. The first-order chi connectivity index (χ1) is 19.6. The predicted molar refractivity (Wildman–Crippen MR) is 165 cm³/mol. The smallest absolute Gasteiger partial charge is 0.264 e. The van der Waals surface area contributed by atoms with Crippen LogP contribution in [0.5, 0.6) is 5.75 Å². The molecule has 220 valence electrons. The molecule has 0 aromatic heterocycles. The fourth-order valence-corrected chi connectivity index (χ4v) is 6.24. The number of rotatable bonds is 14. The second-order valence-corrected chi connectivity index (χ2v) is 12.4. The van der Waals surface area contributed by atoms with Gasteiger partial charge in [-0.05, 0) is 75.4 Å². The molecule has 41 heavy (non-hydrogen) atoms. The molecule has 3 aromatic rings. The quantitative estimate of drug-likeness (QED) is 0.252. The van der Waals surface area contributed by atoms with Gasteiger partial charge in [0.15, 0.2) is 0 Å². The average molecular weight is 598 g/mol. The zero-order valence-electron chi connectivity index (χ0n) is 24.2. The van der Waals surface area contributed by atoms with E-state index < -0.39 is 28.5 Å². The third kappa shape index (κ3) is 8.27. The summed E-state index contributed by atoms with van der Waals surface area (Å²) >= 11 is 1.50. The monoisotopic (exact) mass is 597 g/mol. The lowest BCUT2D eigenvalue weighted by Crippen LogP contribution is -2.53. The molecule has 3 aromatic carbocycles. The first kappa shape index (κ1) is 32.0. The Morgan fingerprint density at radius 1 is 0.927 bits per heavy atom. The number of amides is 2. The number of para-hydroxylation sites is 2. The van der Waals surface area contributed by atoms with Crippen LogP contribution < -0.4 is 14.4 Å². The Morgan fingerprint density at radius 3 is 2.15 bits per heavy atom. The Bertz CT molecular complexity index is 1400. The standard InChI is InChI=1S/C31H39N3O5S2/c1-6-27(31(36)32-23(3)4)33(21-24-13-9-8-10-14-24)30(35)22-34(28-15-11-12-16-29(28)39-7-2)41(37,38)26-19-17-25(40-5)18-20-26/h8-20,23,27H,6-7,21-22H2,1-5H3,(H,32,36)/t27-/m1/s1. The minimum absolute atomic E-state index is 0.0496. The molecular formula is C31H39N3O5S2. The summed E-state index contributed by atoms with van der Waals surface area (Å²) in [6, 6.07) is 21.7. The van der Waals surface area contributed by atoms with E-state index in [0.29, 0.717) is 18.8 Å².